The van der Waals surface area contributed by atoms with Gasteiger partial charge in [-0.25, -0.2) is 0 Å². The fraction of sp³-hybridized carbons (Fsp3) is 0.455. The minimum absolute atomic E-state index is 0.174. The van der Waals surface area contributed by atoms with Crippen LogP contribution in [-0.4, -0.2) is 12.1 Å². The Kier molecular flexibility index (Phi) is 3.18. The van der Waals surface area contributed by atoms with Gasteiger partial charge < -0.3 is 0 Å². The average Bonchev–Trinajstić information content (AvgIpc) is 2.03. The largest absolute Gasteiger partial charge is 0.299 e. The molecule has 70 valence electrons. The molecule has 1 aliphatic carbocycles. The molecule has 1 rings (SSSR count). The molecule has 0 heterocycles. The molecule has 0 unspecified atom stereocenters. The van der Waals surface area contributed by atoms with Gasteiger partial charge in [0.1, 0.15) is 6.29 Å². The van der Waals surface area contributed by atoms with Crippen LogP contribution in [0.3, 0.4) is 0 Å². The number of ketones is 1. The summed E-state index contributed by atoms with van der Waals surface area (Å²) in [5.41, 5.74) is 2.12. The Balaban J connectivity index is 2.75. The third kappa shape index (κ3) is 2.65. The Morgan fingerprint density at radius 3 is 2.77 bits per heavy atom. The molecule has 0 aliphatic heterocycles. The maximum Gasteiger partial charge on any atom is 0.156 e. The summed E-state index contributed by atoms with van der Waals surface area (Å²) in [6.07, 6.45) is 5.49. The fourth-order valence-electron chi connectivity index (χ4n) is 1.66. The average molecular weight is 178 g/mol. The number of hydrogen-bond acceptors (Lipinski definition) is 2. The van der Waals surface area contributed by atoms with Crippen molar-refractivity contribution in [2.75, 3.05) is 0 Å². The van der Waals surface area contributed by atoms with E-state index in [0.717, 1.165) is 23.9 Å². The monoisotopic (exact) mass is 178 g/mol. The van der Waals surface area contributed by atoms with Gasteiger partial charge in [0.2, 0.25) is 0 Å². The molecule has 0 aromatic carbocycles. The van der Waals surface area contributed by atoms with Gasteiger partial charge in [0, 0.05) is 6.42 Å². The minimum atomic E-state index is 0.174. The molecule has 0 amide bonds. The zero-order chi connectivity index (χ0) is 9.84. The van der Waals surface area contributed by atoms with Crippen molar-refractivity contribution >= 4 is 12.1 Å². The van der Waals surface area contributed by atoms with Gasteiger partial charge in [-0.15, -0.1) is 0 Å². The van der Waals surface area contributed by atoms with Crippen molar-refractivity contribution in [2.45, 2.75) is 26.7 Å². The van der Waals surface area contributed by atoms with Crippen LogP contribution in [-0.2, 0) is 9.59 Å². The summed E-state index contributed by atoms with van der Waals surface area (Å²) in [6, 6.07) is 0. The van der Waals surface area contributed by atoms with Gasteiger partial charge in [-0.3, -0.25) is 9.59 Å². The fourth-order valence-corrected chi connectivity index (χ4v) is 1.66. The molecule has 0 saturated carbocycles. The summed E-state index contributed by atoms with van der Waals surface area (Å²) in [6.45, 7) is 3.86. The molecule has 0 radical (unpaired) electrons. The molecule has 1 atom stereocenters. The number of allylic oxidation sites excluding steroid dienone is 4. The van der Waals surface area contributed by atoms with Gasteiger partial charge in [0.15, 0.2) is 5.78 Å². The highest BCUT2D eigenvalue weighted by atomic mass is 16.1. The van der Waals surface area contributed by atoms with Crippen LogP contribution < -0.4 is 0 Å². The molecule has 2 heteroatoms. The number of rotatable bonds is 2. The number of carbonyl (C=O) groups excluding carboxylic acids is 2. The number of hydrogen-bond donors (Lipinski definition) is 0. The van der Waals surface area contributed by atoms with Crippen molar-refractivity contribution in [3.63, 3.8) is 0 Å². The smallest absolute Gasteiger partial charge is 0.156 e. The highest BCUT2D eigenvalue weighted by Gasteiger charge is 2.19. The van der Waals surface area contributed by atoms with E-state index in [-0.39, 0.29) is 11.7 Å². The van der Waals surface area contributed by atoms with Crippen LogP contribution in [0.25, 0.3) is 0 Å². The third-order valence-electron chi connectivity index (χ3n) is 2.40. The van der Waals surface area contributed by atoms with Gasteiger partial charge in [-0.05, 0) is 38.3 Å². The first-order chi connectivity index (χ1) is 6.13. The van der Waals surface area contributed by atoms with Gasteiger partial charge in [-0.2, -0.15) is 0 Å². The predicted octanol–water partition coefficient (Wildman–Crippen LogP) is 2.06. The summed E-state index contributed by atoms with van der Waals surface area (Å²) in [7, 11) is 0. The molecular weight excluding hydrogens is 164 g/mol. The maximum atomic E-state index is 11.2. The lowest BCUT2D eigenvalue weighted by atomic mass is 9.84. The molecule has 13 heavy (non-hydrogen) atoms. The molecule has 0 aromatic rings. The van der Waals surface area contributed by atoms with Crippen molar-refractivity contribution in [1.29, 1.82) is 0 Å². The van der Waals surface area contributed by atoms with Crippen molar-refractivity contribution in [2.24, 2.45) is 5.92 Å². The molecule has 0 aromatic heterocycles. The van der Waals surface area contributed by atoms with Crippen molar-refractivity contribution in [3.05, 3.63) is 23.3 Å². The van der Waals surface area contributed by atoms with Crippen LogP contribution in [0.15, 0.2) is 23.3 Å². The minimum Gasteiger partial charge on any atom is -0.299 e. The van der Waals surface area contributed by atoms with E-state index in [1.165, 1.54) is 0 Å². The topological polar surface area (TPSA) is 34.1 Å². The van der Waals surface area contributed by atoms with E-state index in [9.17, 15) is 9.59 Å². The van der Waals surface area contributed by atoms with Crippen LogP contribution in [0.5, 0.6) is 0 Å². The van der Waals surface area contributed by atoms with E-state index in [1.807, 2.05) is 13.8 Å². The standard InChI is InChI=1S/C11H14O2/c1-8-5-10(7-11(13)6-8)9(2)3-4-12/h3-4,6,10H,5,7H2,1-2H3/b9-3-/t10-/m1/s1. The summed E-state index contributed by atoms with van der Waals surface area (Å²) in [5.74, 6) is 0.412. The Morgan fingerprint density at radius 1 is 1.54 bits per heavy atom. The Hall–Kier alpha value is -1.18. The lowest BCUT2D eigenvalue weighted by Crippen LogP contribution is -2.14. The summed E-state index contributed by atoms with van der Waals surface area (Å²) >= 11 is 0. The van der Waals surface area contributed by atoms with Crippen LogP contribution in [0.2, 0.25) is 0 Å². The van der Waals surface area contributed by atoms with E-state index in [2.05, 4.69) is 0 Å². The molecule has 0 spiro atoms. The number of carbonyl (C=O) groups is 2. The van der Waals surface area contributed by atoms with Crippen LogP contribution in [0, 0.1) is 5.92 Å². The van der Waals surface area contributed by atoms with E-state index in [4.69, 9.17) is 0 Å². The van der Waals surface area contributed by atoms with E-state index in [1.54, 1.807) is 12.2 Å². The highest BCUT2D eigenvalue weighted by Crippen LogP contribution is 2.27. The van der Waals surface area contributed by atoms with Crippen molar-refractivity contribution < 1.29 is 9.59 Å². The third-order valence-corrected chi connectivity index (χ3v) is 2.40. The molecule has 0 fully saturated rings. The number of aldehydes is 1. The molecule has 1 aliphatic rings. The summed E-state index contributed by atoms with van der Waals surface area (Å²) in [5, 5.41) is 0. The van der Waals surface area contributed by atoms with Crippen LogP contribution in [0.4, 0.5) is 0 Å². The Morgan fingerprint density at radius 2 is 2.23 bits per heavy atom. The Bertz CT molecular complexity index is 284. The molecule has 0 saturated heterocycles. The van der Waals surface area contributed by atoms with Gasteiger partial charge in [-0.1, -0.05) is 11.1 Å². The van der Waals surface area contributed by atoms with Crippen LogP contribution >= 0.6 is 0 Å². The molecule has 2 nitrogen and oxygen atoms in total. The van der Waals surface area contributed by atoms with Gasteiger partial charge in [0.25, 0.3) is 0 Å². The maximum absolute atomic E-state index is 11.2. The van der Waals surface area contributed by atoms with E-state index in [0.29, 0.717) is 6.42 Å². The zero-order valence-corrected chi connectivity index (χ0v) is 8.04. The summed E-state index contributed by atoms with van der Waals surface area (Å²) in [4.78, 5) is 21.4. The molecular formula is C11H14O2. The molecule has 0 bridgehead atoms. The quantitative estimate of drug-likeness (QED) is 0.479. The predicted molar refractivity (Wildman–Crippen MR) is 51.3 cm³/mol. The first-order valence-corrected chi connectivity index (χ1v) is 4.45. The lowest BCUT2D eigenvalue weighted by Gasteiger charge is -2.20. The highest BCUT2D eigenvalue weighted by molar-refractivity contribution is 5.91. The second-order valence-corrected chi connectivity index (χ2v) is 3.61. The second kappa shape index (κ2) is 4.17. The van der Waals surface area contributed by atoms with Gasteiger partial charge in [0.05, 0.1) is 0 Å². The van der Waals surface area contributed by atoms with Crippen molar-refractivity contribution in [3.8, 4) is 0 Å². The van der Waals surface area contributed by atoms with Crippen LogP contribution in [0.1, 0.15) is 26.7 Å². The zero-order valence-electron chi connectivity index (χ0n) is 8.04. The van der Waals surface area contributed by atoms with Gasteiger partial charge >= 0.3 is 0 Å². The first kappa shape index (κ1) is 9.90. The second-order valence-electron chi connectivity index (χ2n) is 3.61. The lowest BCUT2D eigenvalue weighted by molar-refractivity contribution is -0.115. The Labute approximate surface area is 78.3 Å². The molecule has 0 N–H and O–H groups in total. The summed E-state index contributed by atoms with van der Waals surface area (Å²) < 4.78 is 0. The van der Waals surface area contributed by atoms with Crippen molar-refractivity contribution in [1.82, 2.24) is 0 Å². The first-order valence-electron chi connectivity index (χ1n) is 4.45. The van der Waals surface area contributed by atoms with E-state index < -0.39 is 0 Å². The SMILES string of the molecule is CC1=CC(=O)C[C@H](/C(C)=C\C=O)C1. The normalized spacial score (nSPS) is 24.2. The van der Waals surface area contributed by atoms with E-state index >= 15 is 0 Å².